The monoisotopic (exact) mass is 335 g/mol. The van der Waals surface area contributed by atoms with Gasteiger partial charge in [0.15, 0.2) is 0 Å². The fourth-order valence-corrected chi connectivity index (χ4v) is 3.60. The van der Waals surface area contributed by atoms with E-state index >= 15 is 0 Å². The number of H-pyrrole nitrogens is 1. The van der Waals surface area contributed by atoms with Gasteiger partial charge in [-0.1, -0.05) is 30.3 Å². The topological polar surface area (TPSA) is 79.2 Å². The summed E-state index contributed by atoms with van der Waals surface area (Å²) in [6.07, 6.45) is 3.24. The van der Waals surface area contributed by atoms with E-state index in [9.17, 15) is 14.9 Å². The van der Waals surface area contributed by atoms with E-state index in [1.807, 2.05) is 41.4 Å². The number of nitrogens with zero attached hydrogens (tertiary/aromatic N) is 2. The third kappa shape index (κ3) is 2.65. The molecule has 2 aromatic carbocycles. The van der Waals surface area contributed by atoms with Crippen molar-refractivity contribution >= 4 is 22.5 Å². The summed E-state index contributed by atoms with van der Waals surface area (Å²) in [5.41, 5.74) is 2.74. The molecule has 1 atom stereocenters. The molecule has 1 aliphatic rings. The highest BCUT2D eigenvalue weighted by molar-refractivity contribution is 5.86. The molecule has 126 valence electrons. The largest absolute Gasteiger partial charge is 0.361 e. The molecule has 25 heavy (non-hydrogen) atoms. The van der Waals surface area contributed by atoms with Crippen LogP contribution >= 0.6 is 0 Å². The summed E-state index contributed by atoms with van der Waals surface area (Å²) in [6, 6.07) is 14.1. The van der Waals surface area contributed by atoms with Crippen molar-refractivity contribution in [1.82, 2.24) is 9.88 Å². The fraction of sp³-hybridized carbons (Fsp3) is 0.211. The van der Waals surface area contributed by atoms with E-state index in [4.69, 9.17) is 0 Å². The maximum atomic E-state index is 12.4. The molecule has 0 saturated carbocycles. The van der Waals surface area contributed by atoms with E-state index in [2.05, 4.69) is 4.98 Å². The first-order valence-electron chi connectivity index (χ1n) is 8.25. The number of hydrogen-bond donors (Lipinski definition) is 1. The number of likely N-dealkylation sites (tertiary alicyclic amines) is 1. The number of carbonyl (C=O) groups excluding carboxylic acids is 1. The van der Waals surface area contributed by atoms with Crippen molar-refractivity contribution < 1.29 is 9.72 Å². The summed E-state index contributed by atoms with van der Waals surface area (Å²) in [5, 5.41) is 12.2. The van der Waals surface area contributed by atoms with Crippen molar-refractivity contribution in [2.45, 2.75) is 18.9 Å². The highest BCUT2D eigenvalue weighted by Gasteiger charge is 2.32. The van der Waals surface area contributed by atoms with Gasteiger partial charge in [-0.25, -0.2) is 0 Å². The van der Waals surface area contributed by atoms with E-state index < -0.39 is 4.92 Å². The smallest absolute Gasteiger partial charge is 0.269 e. The Kier molecular flexibility index (Phi) is 3.72. The average molecular weight is 335 g/mol. The molecule has 1 amide bonds. The molecular weight excluding hydrogens is 318 g/mol. The number of nitrogens with one attached hydrogen (secondary N) is 1. The Labute approximate surface area is 144 Å². The van der Waals surface area contributed by atoms with Gasteiger partial charge in [0.05, 0.1) is 11.0 Å². The van der Waals surface area contributed by atoms with Gasteiger partial charge >= 0.3 is 0 Å². The number of nitro groups is 1. The minimum Gasteiger partial charge on any atom is -0.361 e. The Hall–Kier alpha value is -3.15. The first-order valence-corrected chi connectivity index (χ1v) is 8.25. The molecule has 0 bridgehead atoms. The van der Waals surface area contributed by atoms with Crippen LogP contribution in [-0.2, 0) is 4.79 Å². The van der Waals surface area contributed by atoms with E-state index in [-0.39, 0.29) is 17.6 Å². The predicted molar refractivity (Wildman–Crippen MR) is 94.2 cm³/mol. The van der Waals surface area contributed by atoms with Crippen molar-refractivity contribution in [3.63, 3.8) is 0 Å². The van der Waals surface area contributed by atoms with E-state index in [0.29, 0.717) is 13.0 Å². The summed E-state index contributed by atoms with van der Waals surface area (Å²) in [4.78, 5) is 28.3. The lowest BCUT2D eigenvalue weighted by Gasteiger charge is -2.28. The molecule has 1 fully saturated rings. The molecule has 1 saturated heterocycles. The highest BCUT2D eigenvalue weighted by atomic mass is 16.6. The SMILES string of the molecule is O=C1CCCN1C(c1cccc([N+](=O)[O-])c1)c1c[nH]c2ccccc12. The number of para-hydroxylation sites is 1. The van der Waals surface area contributed by atoms with Crippen LogP contribution in [0.1, 0.15) is 30.0 Å². The lowest BCUT2D eigenvalue weighted by molar-refractivity contribution is -0.384. The number of rotatable bonds is 4. The Morgan fingerprint density at radius 3 is 2.76 bits per heavy atom. The average Bonchev–Trinajstić information content (AvgIpc) is 3.23. The number of nitro benzene ring substituents is 1. The minimum absolute atomic E-state index is 0.0361. The van der Waals surface area contributed by atoms with E-state index in [1.54, 1.807) is 12.1 Å². The van der Waals surface area contributed by atoms with Gasteiger partial charge in [0.1, 0.15) is 0 Å². The zero-order valence-corrected chi connectivity index (χ0v) is 13.5. The second-order valence-corrected chi connectivity index (χ2v) is 6.23. The first-order chi connectivity index (χ1) is 12.1. The molecule has 6 nitrogen and oxygen atoms in total. The molecule has 0 aliphatic carbocycles. The number of carbonyl (C=O) groups is 1. The van der Waals surface area contributed by atoms with Crippen molar-refractivity contribution in [2.75, 3.05) is 6.54 Å². The highest BCUT2D eigenvalue weighted by Crippen LogP contribution is 2.37. The Bertz CT molecular complexity index is 963. The molecule has 0 radical (unpaired) electrons. The van der Waals surface area contributed by atoms with Crippen LogP contribution < -0.4 is 0 Å². The molecule has 6 heteroatoms. The summed E-state index contributed by atoms with van der Waals surface area (Å²) in [6.45, 7) is 0.658. The van der Waals surface area contributed by atoms with Crippen LogP contribution in [0.5, 0.6) is 0 Å². The number of benzene rings is 2. The number of hydrogen-bond acceptors (Lipinski definition) is 3. The number of amides is 1. The maximum Gasteiger partial charge on any atom is 0.269 e. The number of non-ortho nitro benzene ring substituents is 1. The third-order valence-corrected chi connectivity index (χ3v) is 4.73. The van der Waals surface area contributed by atoms with E-state index in [0.717, 1.165) is 28.5 Å². The van der Waals surface area contributed by atoms with Crippen LogP contribution in [0, 0.1) is 10.1 Å². The van der Waals surface area contributed by atoms with Crippen LogP contribution in [0.25, 0.3) is 10.9 Å². The molecule has 3 aromatic rings. The van der Waals surface area contributed by atoms with E-state index in [1.165, 1.54) is 6.07 Å². The summed E-state index contributed by atoms with van der Waals surface area (Å²) < 4.78 is 0. The second-order valence-electron chi connectivity index (χ2n) is 6.23. The van der Waals surface area contributed by atoms with Crippen molar-refractivity contribution in [3.8, 4) is 0 Å². The van der Waals surface area contributed by atoms with Crippen molar-refractivity contribution in [2.24, 2.45) is 0 Å². The van der Waals surface area contributed by atoms with Crippen molar-refractivity contribution in [1.29, 1.82) is 0 Å². The van der Waals surface area contributed by atoms with Crippen LogP contribution in [-0.4, -0.2) is 27.3 Å². The molecular formula is C19H17N3O3. The van der Waals surface area contributed by atoms with Crippen molar-refractivity contribution in [3.05, 3.63) is 76.0 Å². The molecule has 2 heterocycles. The molecule has 1 N–H and O–H groups in total. The van der Waals surface area contributed by atoms with Crippen LogP contribution in [0.2, 0.25) is 0 Å². The second kappa shape index (κ2) is 6.05. The zero-order chi connectivity index (χ0) is 17.4. The van der Waals surface area contributed by atoms with Crippen LogP contribution in [0.3, 0.4) is 0 Å². The Balaban J connectivity index is 1.89. The van der Waals surface area contributed by atoms with Gasteiger partial charge in [0.2, 0.25) is 5.91 Å². The van der Waals surface area contributed by atoms with Gasteiger partial charge in [-0.3, -0.25) is 14.9 Å². The standard InChI is InChI=1S/C19H17N3O3/c23-18-9-4-10-21(18)19(13-5-3-6-14(11-13)22(24)25)16-12-20-17-8-2-1-7-15(16)17/h1-3,5-8,11-12,19-20H,4,9-10H2. The van der Waals surface area contributed by atoms with Gasteiger partial charge in [-0.05, 0) is 18.1 Å². The molecule has 4 rings (SSSR count). The molecule has 1 aromatic heterocycles. The normalized spacial score (nSPS) is 15.7. The quantitative estimate of drug-likeness (QED) is 0.582. The van der Waals surface area contributed by atoms with Gasteiger partial charge in [0.25, 0.3) is 5.69 Å². The summed E-state index contributed by atoms with van der Waals surface area (Å²) in [7, 11) is 0. The Morgan fingerprint density at radius 1 is 1.16 bits per heavy atom. The molecule has 0 spiro atoms. The van der Waals surface area contributed by atoms with Gasteiger partial charge < -0.3 is 9.88 Å². The van der Waals surface area contributed by atoms with Gasteiger partial charge in [-0.2, -0.15) is 0 Å². The van der Waals surface area contributed by atoms with Gasteiger partial charge in [-0.15, -0.1) is 0 Å². The third-order valence-electron chi connectivity index (χ3n) is 4.73. The predicted octanol–water partition coefficient (Wildman–Crippen LogP) is 3.79. The first kappa shape index (κ1) is 15.4. The maximum absolute atomic E-state index is 12.4. The number of aromatic amines is 1. The lowest BCUT2D eigenvalue weighted by Crippen LogP contribution is -2.30. The van der Waals surface area contributed by atoms with Crippen LogP contribution in [0.4, 0.5) is 5.69 Å². The fourth-order valence-electron chi connectivity index (χ4n) is 3.60. The number of fused-ring (bicyclic) bond motifs is 1. The number of aromatic nitrogens is 1. The van der Waals surface area contributed by atoms with Gasteiger partial charge in [0, 0.05) is 47.8 Å². The lowest BCUT2D eigenvalue weighted by atomic mass is 9.96. The molecule has 1 aliphatic heterocycles. The molecule has 1 unspecified atom stereocenters. The Morgan fingerprint density at radius 2 is 2.00 bits per heavy atom. The summed E-state index contributed by atoms with van der Waals surface area (Å²) >= 11 is 0. The summed E-state index contributed by atoms with van der Waals surface area (Å²) in [5.74, 6) is 0.0850. The minimum atomic E-state index is -0.401. The van der Waals surface area contributed by atoms with Crippen LogP contribution in [0.15, 0.2) is 54.7 Å². The zero-order valence-electron chi connectivity index (χ0n) is 13.5.